The van der Waals surface area contributed by atoms with Crippen molar-refractivity contribution < 1.29 is 4.74 Å². The van der Waals surface area contributed by atoms with E-state index in [1.54, 1.807) is 0 Å². The van der Waals surface area contributed by atoms with Gasteiger partial charge in [-0.25, -0.2) is 0 Å². The van der Waals surface area contributed by atoms with Crippen molar-refractivity contribution in [2.24, 2.45) is 5.92 Å². The van der Waals surface area contributed by atoms with Gasteiger partial charge in [-0.2, -0.15) is 0 Å². The van der Waals surface area contributed by atoms with Crippen LogP contribution in [-0.4, -0.2) is 49.8 Å². The minimum Gasteiger partial charge on any atom is -0.377 e. The molecule has 17 heavy (non-hydrogen) atoms. The first-order chi connectivity index (χ1) is 8.24. The molecule has 1 aliphatic heterocycles. The second kappa shape index (κ2) is 6.72. The third-order valence-electron chi connectivity index (χ3n) is 3.84. The van der Waals surface area contributed by atoms with E-state index in [4.69, 9.17) is 4.74 Å². The fourth-order valence-corrected chi connectivity index (χ4v) is 2.43. The van der Waals surface area contributed by atoms with E-state index in [0.29, 0.717) is 6.10 Å². The molecule has 1 aliphatic carbocycles. The van der Waals surface area contributed by atoms with E-state index in [9.17, 15) is 0 Å². The molecule has 2 rings (SSSR count). The smallest absolute Gasteiger partial charge is 0.0596 e. The summed E-state index contributed by atoms with van der Waals surface area (Å²) in [6, 6.07) is 0.776. The molecule has 0 amide bonds. The van der Waals surface area contributed by atoms with Crippen LogP contribution in [0.1, 0.15) is 39.5 Å². The third-order valence-corrected chi connectivity index (χ3v) is 3.84. The average molecular weight is 240 g/mol. The summed E-state index contributed by atoms with van der Waals surface area (Å²) < 4.78 is 5.60. The van der Waals surface area contributed by atoms with Crippen LogP contribution >= 0.6 is 0 Å². The van der Waals surface area contributed by atoms with E-state index in [0.717, 1.165) is 25.1 Å². The van der Waals surface area contributed by atoms with Crippen molar-refractivity contribution in [3.05, 3.63) is 0 Å². The van der Waals surface area contributed by atoms with Crippen LogP contribution in [0.25, 0.3) is 0 Å². The highest BCUT2D eigenvalue weighted by atomic mass is 16.5. The van der Waals surface area contributed by atoms with E-state index >= 15 is 0 Å². The standard InChI is InChI=1S/C14H28N2O/c1-12(2)17-10-9-16-7-5-14(6-8-16)15-11-13-3-4-13/h12-15H,3-11H2,1-2H3. The summed E-state index contributed by atoms with van der Waals surface area (Å²) in [5.74, 6) is 1.01. The summed E-state index contributed by atoms with van der Waals surface area (Å²) >= 11 is 0. The molecule has 3 nitrogen and oxygen atoms in total. The molecule has 2 aliphatic rings. The zero-order valence-electron chi connectivity index (χ0n) is 11.5. The van der Waals surface area contributed by atoms with Crippen molar-refractivity contribution in [1.29, 1.82) is 0 Å². The van der Waals surface area contributed by atoms with Gasteiger partial charge in [0.1, 0.15) is 0 Å². The van der Waals surface area contributed by atoms with Crippen molar-refractivity contribution in [3.63, 3.8) is 0 Å². The average Bonchev–Trinajstić information content (AvgIpc) is 3.11. The normalized spacial score (nSPS) is 23.5. The molecular weight excluding hydrogens is 212 g/mol. The highest BCUT2D eigenvalue weighted by Crippen LogP contribution is 2.28. The predicted octanol–water partition coefficient (Wildman–Crippen LogP) is 1.88. The second-order valence-corrected chi connectivity index (χ2v) is 5.89. The molecule has 0 aromatic rings. The Balaban J connectivity index is 1.50. The molecule has 0 spiro atoms. The molecule has 1 N–H and O–H groups in total. The molecule has 0 atom stereocenters. The quantitative estimate of drug-likeness (QED) is 0.735. The Morgan fingerprint density at radius 2 is 1.88 bits per heavy atom. The van der Waals surface area contributed by atoms with Gasteiger partial charge in [0, 0.05) is 12.6 Å². The van der Waals surface area contributed by atoms with Gasteiger partial charge in [-0.05, 0) is 65.1 Å². The Morgan fingerprint density at radius 1 is 1.18 bits per heavy atom. The number of ether oxygens (including phenoxy) is 1. The number of likely N-dealkylation sites (tertiary alicyclic amines) is 1. The molecular formula is C14H28N2O. The van der Waals surface area contributed by atoms with Crippen molar-refractivity contribution in [1.82, 2.24) is 10.2 Å². The maximum atomic E-state index is 5.60. The maximum absolute atomic E-state index is 5.60. The molecule has 0 aromatic carbocycles. The van der Waals surface area contributed by atoms with Crippen LogP contribution in [0.5, 0.6) is 0 Å². The summed E-state index contributed by atoms with van der Waals surface area (Å²) in [6.45, 7) is 9.95. The Kier molecular flexibility index (Phi) is 5.26. The largest absolute Gasteiger partial charge is 0.377 e. The van der Waals surface area contributed by atoms with Crippen LogP contribution in [-0.2, 0) is 4.74 Å². The summed E-state index contributed by atoms with van der Waals surface area (Å²) in [5.41, 5.74) is 0. The summed E-state index contributed by atoms with van der Waals surface area (Å²) in [5, 5.41) is 3.72. The Bertz CT molecular complexity index is 208. The van der Waals surface area contributed by atoms with Gasteiger partial charge in [0.2, 0.25) is 0 Å². The molecule has 1 saturated carbocycles. The van der Waals surface area contributed by atoms with E-state index in [-0.39, 0.29) is 0 Å². The van der Waals surface area contributed by atoms with E-state index in [1.807, 2.05) is 0 Å². The van der Waals surface area contributed by atoms with E-state index in [2.05, 4.69) is 24.1 Å². The molecule has 1 saturated heterocycles. The number of hydrogen-bond donors (Lipinski definition) is 1. The number of piperidine rings is 1. The maximum Gasteiger partial charge on any atom is 0.0596 e. The number of hydrogen-bond acceptors (Lipinski definition) is 3. The minimum absolute atomic E-state index is 0.368. The lowest BCUT2D eigenvalue weighted by Crippen LogP contribution is -2.44. The first-order valence-corrected chi connectivity index (χ1v) is 7.31. The van der Waals surface area contributed by atoms with E-state index < -0.39 is 0 Å². The van der Waals surface area contributed by atoms with Gasteiger partial charge >= 0.3 is 0 Å². The summed E-state index contributed by atoms with van der Waals surface area (Å²) in [6.07, 6.45) is 5.91. The SMILES string of the molecule is CC(C)OCCN1CCC(NCC2CC2)CC1. The molecule has 0 unspecified atom stereocenters. The van der Waals surface area contributed by atoms with Crippen LogP contribution in [0.4, 0.5) is 0 Å². The van der Waals surface area contributed by atoms with Crippen molar-refractivity contribution in [2.45, 2.75) is 51.7 Å². The highest BCUT2D eigenvalue weighted by Gasteiger charge is 2.24. The highest BCUT2D eigenvalue weighted by molar-refractivity contribution is 4.81. The van der Waals surface area contributed by atoms with Crippen LogP contribution in [0.3, 0.4) is 0 Å². The fourth-order valence-electron chi connectivity index (χ4n) is 2.43. The van der Waals surface area contributed by atoms with Crippen molar-refractivity contribution in [2.75, 3.05) is 32.8 Å². The summed E-state index contributed by atoms with van der Waals surface area (Å²) in [7, 11) is 0. The molecule has 0 radical (unpaired) electrons. The van der Waals surface area contributed by atoms with Gasteiger partial charge in [0.15, 0.2) is 0 Å². The van der Waals surface area contributed by atoms with Gasteiger partial charge in [0.25, 0.3) is 0 Å². The number of nitrogens with one attached hydrogen (secondary N) is 1. The van der Waals surface area contributed by atoms with Crippen LogP contribution < -0.4 is 5.32 Å². The minimum atomic E-state index is 0.368. The van der Waals surface area contributed by atoms with E-state index in [1.165, 1.54) is 45.3 Å². The van der Waals surface area contributed by atoms with Crippen LogP contribution in [0.15, 0.2) is 0 Å². The van der Waals surface area contributed by atoms with Crippen LogP contribution in [0.2, 0.25) is 0 Å². The number of nitrogens with zero attached hydrogens (tertiary/aromatic N) is 1. The van der Waals surface area contributed by atoms with Gasteiger partial charge in [-0.15, -0.1) is 0 Å². The zero-order valence-corrected chi connectivity index (χ0v) is 11.5. The molecule has 3 heteroatoms. The topological polar surface area (TPSA) is 24.5 Å². The second-order valence-electron chi connectivity index (χ2n) is 5.89. The summed E-state index contributed by atoms with van der Waals surface area (Å²) in [4.78, 5) is 2.54. The number of rotatable bonds is 7. The lowest BCUT2D eigenvalue weighted by molar-refractivity contribution is 0.0526. The molecule has 1 heterocycles. The van der Waals surface area contributed by atoms with Gasteiger partial charge in [0.05, 0.1) is 12.7 Å². The van der Waals surface area contributed by atoms with Gasteiger partial charge in [-0.1, -0.05) is 0 Å². The zero-order chi connectivity index (χ0) is 12.1. The monoisotopic (exact) mass is 240 g/mol. The van der Waals surface area contributed by atoms with Crippen molar-refractivity contribution >= 4 is 0 Å². The molecule has 100 valence electrons. The Labute approximate surface area is 106 Å². The lowest BCUT2D eigenvalue weighted by atomic mass is 10.0. The first-order valence-electron chi connectivity index (χ1n) is 7.31. The van der Waals surface area contributed by atoms with Crippen LogP contribution in [0, 0.1) is 5.92 Å². The molecule has 0 bridgehead atoms. The van der Waals surface area contributed by atoms with Gasteiger partial charge in [-0.3, -0.25) is 0 Å². The Hall–Kier alpha value is -0.120. The first kappa shape index (κ1) is 13.3. The molecule has 2 fully saturated rings. The Morgan fingerprint density at radius 3 is 2.47 bits per heavy atom. The van der Waals surface area contributed by atoms with Gasteiger partial charge < -0.3 is 15.0 Å². The fraction of sp³-hybridized carbons (Fsp3) is 1.00. The van der Waals surface area contributed by atoms with Crippen molar-refractivity contribution in [3.8, 4) is 0 Å². The third kappa shape index (κ3) is 5.36. The molecule has 0 aromatic heterocycles. The predicted molar refractivity (Wildman–Crippen MR) is 71.3 cm³/mol. The lowest BCUT2D eigenvalue weighted by Gasteiger charge is -2.32.